The smallest absolute Gasteiger partial charge is 0.329 e. The van der Waals surface area contributed by atoms with Crippen molar-refractivity contribution in [1.29, 1.82) is 0 Å². The van der Waals surface area contributed by atoms with Gasteiger partial charge in [-0.2, -0.15) is 0 Å². The fraction of sp³-hybridized carbons (Fsp3) is 0.538. The van der Waals surface area contributed by atoms with Crippen LogP contribution in [0.25, 0.3) is 0 Å². The number of aryl methyl sites for hydroxylation is 2. The molecule has 1 saturated heterocycles. The predicted molar refractivity (Wildman–Crippen MR) is 71.7 cm³/mol. The van der Waals surface area contributed by atoms with Gasteiger partial charge in [0.25, 0.3) is 5.91 Å². The van der Waals surface area contributed by atoms with Gasteiger partial charge in [0.1, 0.15) is 12.2 Å². The van der Waals surface area contributed by atoms with E-state index in [-0.39, 0.29) is 12.5 Å². The minimum absolute atomic E-state index is 0.00162. The van der Waals surface area contributed by atoms with Crippen LogP contribution < -0.4 is 0 Å². The molecule has 1 aliphatic rings. The Balaban J connectivity index is 1.95. The number of carboxylic acid groups (broad SMARTS) is 1. The maximum absolute atomic E-state index is 12.2. The average Bonchev–Trinajstić information content (AvgIpc) is 2.61. The molecule has 0 aliphatic carbocycles. The summed E-state index contributed by atoms with van der Waals surface area (Å²) in [4.78, 5) is 26.5. The van der Waals surface area contributed by atoms with Crippen LogP contribution in [0.3, 0.4) is 0 Å². The molecule has 2 rings (SSSR count). The van der Waals surface area contributed by atoms with Gasteiger partial charge in [-0.15, -0.1) is 11.3 Å². The molecule has 0 saturated carbocycles. The van der Waals surface area contributed by atoms with E-state index in [4.69, 9.17) is 9.84 Å². The summed E-state index contributed by atoms with van der Waals surface area (Å²) in [6.45, 7) is 6.29. The molecule has 5 nitrogen and oxygen atoms in total. The average molecular weight is 283 g/mol. The summed E-state index contributed by atoms with van der Waals surface area (Å²) in [5.41, 5.74) is 0.204. The van der Waals surface area contributed by atoms with Gasteiger partial charge in [0.15, 0.2) is 0 Å². The van der Waals surface area contributed by atoms with Gasteiger partial charge in [-0.3, -0.25) is 4.79 Å². The molecule has 2 heterocycles. The second-order valence-corrected chi connectivity index (χ2v) is 6.58. The fourth-order valence-electron chi connectivity index (χ4n) is 2.25. The van der Waals surface area contributed by atoms with Crippen LogP contribution in [0.4, 0.5) is 0 Å². The summed E-state index contributed by atoms with van der Waals surface area (Å²) in [7, 11) is 0. The van der Waals surface area contributed by atoms with Crippen molar-refractivity contribution in [2.24, 2.45) is 0 Å². The molecule has 1 fully saturated rings. The van der Waals surface area contributed by atoms with Crippen LogP contribution >= 0.6 is 11.3 Å². The van der Waals surface area contributed by atoms with Gasteiger partial charge in [-0.1, -0.05) is 0 Å². The van der Waals surface area contributed by atoms with E-state index in [1.807, 2.05) is 26.8 Å². The minimum atomic E-state index is -0.990. The standard InChI is InChI=1S/C13H17NO4S/c1-8-4-10(9(2)19-8)12(17)14-6-13(3,7-14)18-5-11(15)16/h4H,5-7H2,1-3H3,(H,15,16). The van der Waals surface area contributed by atoms with Crippen LogP contribution in [0.15, 0.2) is 6.07 Å². The maximum Gasteiger partial charge on any atom is 0.329 e. The third kappa shape index (κ3) is 2.96. The first kappa shape index (κ1) is 14.0. The molecule has 0 aromatic carbocycles. The van der Waals surface area contributed by atoms with Crippen LogP contribution in [-0.4, -0.2) is 47.2 Å². The Bertz CT molecular complexity index is 517. The van der Waals surface area contributed by atoms with Crippen molar-refractivity contribution in [2.45, 2.75) is 26.4 Å². The Hall–Kier alpha value is -1.40. The first-order valence-corrected chi connectivity index (χ1v) is 6.84. The number of thiophene rings is 1. The molecule has 1 aromatic rings. The van der Waals surface area contributed by atoms with Crippen LogP contribution in [0, 0.1) is 13.8 Å². The molecule has 0 bridgehead atoms. The van der Waals surface area contributed by atoms with E-state index in [2.05, 4.69) is 0 Å². The summed E-state index contributed by atoms with van der Waals surface area (Å²) in [5, 5.41) is 8.58. The summed E-state index contributed by atoms with van der Waals surface area (Å²) >= 11 is 1.61. The molecule has 0 atom stereocenters. The van der Waals surface area contributed by atoms with Crippen LogP contribution in [0.1, 0.15) is 27.0 Å². The maximum atomic E-state index is 12.2. The Morgan fingerprint density at radius 2 is 2.11 bits per heavy atom. The molecule has 1 aromatic heterocycles. The third-order valence-electron chi connectivity index (χ3n) is 3.15. The van der Waals surface area contributed by atoms with Crippen molar-refractivity contribution in [3.05, 3.63) is 21.4 Å². The highest BCUT2D eigenvalue weighted by molar-refractivity contribution is 7.12. The zero-order chi connectivity index (χ0) is 14.2. The normalized spacial score (nSPS) is 17.1. The highest BCUT2D eigenvalue weighted by Gasteiger charge is 2.43. The van der Waals surface area contributed by atoms with Crippen molar-refractivity contribution in [3.63, 3.8) is 0 Å². The largest absolute Gasteiger partial charge is 0.480 e. The molecule has 1 amide bonds. The number of nitrogens with zero attached hydrogens (tertiary/aromatic N) is 1. The number of rotatable bonds is 4. The number of amides is 1. The van der Waals surface area contributed by atoms with Gasteiger partial charge in [-0.05, 0) is 26.8 Å². The summed E-state index contributed by atoms with van der Waals surface area (Å²) in [6.07, 6.45) is 0. The van der Waals surface area contributed by atoms with E-state index in [0.29, 0.717) is 13.1 Å². The molecule has 0 spiro atoms. The second-order valence-electron chi connectivity index (χ2n) is 5.12. The second kappa shape index (κ2) is 4.94. The number of ether oxygens (including phenoxy) is 1. The third-order valence-corrected chi connectivity index (χ3v) is 4.12. The summed E-state index contributed by atoms with van der Waals surface area (Å²) in [5.74, 6) is -0.992. The lowest BCUT2D eigenvalue weighted by Crippen LogP contribution is -2.63. The highest BCUT2D eigenvalue weighted by atomic mass is 32.1. The first-order valence-electron chi connectivity index (χ1n) is 6.03. The number of hydrogen-bond donors (Lipinski definition) is 1. The van der Waals surface area contributed by atoms with E-state index in [1.165, 1.54) is 0 Å². The molecule has 19 heavy (non-hydrogen) atoms. The van der Waals surface area contributed by atoms with E-state index >= 15 is 0 Å². The Labute approximate surface area is 115 Å². The monoisotopic (exact) mass is 283 g/mol. The van der Waals surface area contributed by atoms with Crippen LogP contribution in [-0.2, 0) is 9.53 Å². The Morgan fingerprint density at radius 3 is 2.58 bits per heavy atom. The highest BCUT2D eigenvalue weighted by Crippen LogP contribution is 2.29. The van der Waals surface area contributed by atoms with Crippen molar-refractivity contribution < 1.29 is 19.4 Å². The van der Waals surface area contributed by atoms with Crippen LogP contribution in [0.2, 0.25) is 0 Å². The van der Waals surface area contributed by atoms with E-state index in [0.717, 1.165) is 15.3 Å². The van der Waals surface area contributed by atoms with Gasteiger partial charge in [0.05, 0.1) is 18.7 Å². The fourth-order valence-corrected chi connectivity index (χ4v) is 3.16. The van der Waals surface area contributed by atoms with E-state index in [1.54, 1.807) is 16.2 Å². The summed E-state index contributed by atoms with van der Waals surface area (Å²) < 4.78 is 5.29. The number of carbonyl (C=O) groups is 2. The molecule has 6 heteroatoms. The molecule has 1 N–H and O–H groups in total. The Kier molecular flexibility index (Phi) is 3.64. The van der Waals surface area contributed by atoms with E-state index in [9.17, 15) is 9.59 Å². The predicted octanol–water partition coefficient (Wildman–Crippen LogP) is 1.68. The number of aliphatic carboxylic acids is 1. The molecular formula is C13H17NO4S. The van der Waals surface area contributed by atoms with Gasteiger partial charge >= 0.3 is 5.97 Å². The van der Waals surface area contributed by atoms with Crippen molar-refractivity contribution in [3.8, 4) is 0 Å². The zero-order valence-corrected chi connectivity index (χ0v) is 12.0. The number of carbonyl (C=O) groups excluding carboxylic acids is 1. The lowest BCUT2D eigenvalue weighted by molar-refractivity contribution is -0.159. The van der Waals surface area contributed by atoms with Gasteiger partial charge < -0.3 is 14.7 Å². The van der Waals surface area contributed by atoms with Gasteiger partial charge in [-0.25, -0.2) is 4.79 Å². The number of hydrogen-bond acceptors (Lipinski definition) is 4. The van der Waals surface area contributed by atoms with Gasteiger partial charge in [0, 0.05) is 9.75 Å². The SMILES string of the molecule is Cc1cc(C(=O)N2CC(C)(OCC(=O)O)C2)c(C)s1. The van der Waals surface area contributed by atoms with Crippen molar-refractivity contribution in [2.75, 3.05) is 19.7 Å². The minimum Gasteiger partial charge on any atom is -0.480 e. The lowest BCUT2D eigenvalue weighted by Gasteiger charge is -2.47. The molecular weight excluding hydrogens is 266 g/mol. The lowest BCUT2D eigenvalue weighted by atomic mass is 9.95. The van der Waals surface area contributed by atoms with Crippen LogP contribution in [0.5, 0.6) is 0 Å². The van der Waals surface area contributed by atoms with Crippen molar-refractivity contribution >= 4 is 23.2 Å². The van der Waals surface area contributed by atoms with Gasteiger partial charge in [0.2, 0.25) is 0 Å². The molecule has 104 valence electrons. The molecule has 0 radical (unpaired) electrons. The van der Waals surface area contributed by atoms with Crippen molar-refractivity contribution in [1.82, 2.24) is 4.90 Å². The topological polar surface area (TPSA) is 66.8 Å². The van der Waals surface area contributed by atoms with E-state index < -0.39 is 11.6 Å². The number of likely N-dealkylation sites (tertiary alicyclic amines) is 1. The molecule has 0 unspecified atom stereocenters. The first-order chi connectivity index (χ1) is 8.81. The quantitative estimate of drug-likeness (QED) is 0.913. The number of carboxylic acids is 1. The summed E-state index contributed by atoms with van der Waals surface area (Å²) in [6, 6.07) is 1.90. The molecule has 1 aliphatic heterocycles. The zero-order valence-electron chi connectivity index (χ0n) is 11.2. The Morgan fingerprint density at radius 1 is 1.47 bits per heavy atom.